The molecule has 6 nitrogen and oxygen atoms in total. The third kappa shape index (κ3) is 4.19. The summed E-state index contributed by atoms with van der Waals surface area (Å²) < 4.78 is 45.6. The average molecular weight is 402 g/mol. The maximum Gasteiger partial charge on any atom is 0.418 e. The Morgan fingerprint density at radius 3 is 2.63 bits per heavy atom. The van der Waals surface area contributed by atoms with Crippen molar-refractivity contribution >= 4 is 29.1 Å². The molecule has 1 aromatic heterocycles. The number of aromatic nitrogens is 2. The number of hydrogen-bond donors (Lipinski definition) is 2. The predicted octanol–water partition coefficient (Wildman–Crippen LogP) is 3.59. The van der Waals surface area contributed by atoms with Crippen LogP contribution >= 0.6 is 11.6 Å². The van der Waals surface area contributed by atoms with Gasteiger partial charge in [0.15, 0.2) is 0 Å². The second kappa shape index (κ2) is 7.40. The van der Waals surface area contributed by atoms with Crippen molar-refractivity contribution < 1.29 is 17.9 Å². The van der Waals surface area contributed by atoms with Gasteiger partial charge < -0.3 is 21.1 Å². The monoisotopic (exact) mass is 401 g/mol. The summed E-state index contributed by atoms with van der Waals surface area (Å²) in [6, 6.07) is 3.27. The summed E-state index contributed by atoms with van der Waals surface area (Å²) in [6.45, 7) is 2.92. The fourth-order valence-electron chi connectivity index (χ4n) is 3.14. The Kier molecular flexibility index (Phi) is 5.34. The molecule has 2 aromatic rings. The summed E-state index contributed by atoms with van der Waals surface area (Å²) in [5, 5.41) is 0.139. The molecule has 1 aromatic carbocycles. The smallest absolute Gasteiger partial charge is 0.398 e. The summed E-state index contributed by atoms with van der Waals surface area (Å²) >= 11 is 6.27. The standard InChI is InChI=1S/C17H19ClF3N5O/c1-9-5-15(25-16(23)24-9)26-3-2-4-27-8-14(26)10-6-11(17(19,20)21)13(22)7-12(10)18/h5-7,14H,2-4,8,22H2,1H3,(H2,23,24,25). The molecular weight excluding hydrogens is 383 g/mol. The largest absolute Gasteiger partial charge is 0.418 e. The second-order valence-electron chi connectivity index (χ2n) is 6.32. The molecule has 4 N–H and O–H groups in total. The van der Waals surface area contributed by atoms with Crippen LogP contribution in [0.25, 0.3) is 0 Å². The molecule has 3 rings (SSSR count). The number of nitrogen functional groups attached to an aromatic ring is 2. The molecule has 10 heteroatoms. The van der Waals surface area contributed by atoms with Crippen LogP contribution in [0.4, 0.5) is 30.6 Å². The van der Waals surface area contributed by atoms with Crippen LogP contribution < -0.4 is 16.4 Å². The summed E-state index contributed by atoms with van der Waals surface area (Å²) in [5.41, 5.74) is 10.9. The van der Waals surface area contributed by atoms with Crippen molar-refractivity contribution in [2.24, 2.45) is 0 Å². The maximum absolute atomic E-state index is 13.3. The molecule has 0 bridgehead atoms. The number of nitrogens with zero attached hydrogens (tertiary/aromatic N) is 3. The van der Waals surface area contributed by atoms with Gasteiger partial charge in [0.25, 0.3) is 0 Å². The van der Waals surface area contributed by atoms with E-state index in [9.17, 15) is 13.2 Å². The summed E-state index contributed by atoms with van der Waals surface area (Å²) in [6.07, 6.45) is -3.91. The molecule has 1 unspecified atom stereocenters. The van der Waals surface area contributed by atoms with E-state index in [1.54, 1.807) is 13.0 Å². The van der Waals surface area contributed by atoms with E-state index >= 15 is 0 Å². The van der Waals surface area contributed by atoms with Crippen molar-refractivity contribution in [3.05, 3.63) is 40.0 Å². The van der Waals surface area contributed by atoms with Crippen LogP contribution in [-0.2, 0) is 10.9 Å². The van der Waals surface area contributed by atoms with E-state index in [2.05, 4.69) is 9.97 Å². The third-order valence-electron chi connectivity index (χ3n) is 4.33. The number of rotatable bonds is 2. The van der Waals surface area contributed by atoms with Crippen molar-refractivity contribution in [3.8, 4) is 0 Å². The van der Waals surface area contributed by atoms with Crippen molar-refractivity contribution in [1.29, 1.82) is 0 Å². The average Bonchev–Trinajstić information content (AvgIpc) is 2.78. The first-order chi connectivity index (χ1) is 12.7. The van der Waals surface area contributed by atoms with Gasteiger partial charge in [0, 0.05) is 35.6 Å². The quantitative estimate of drug-likeness (QED) is 0.747. The van der Waals surface area contributed by atoms with Gasteiger partial charge >= 0.3 is 6.18 Å². The lowest BCUT2D eigenvalue weighted by molar-refractivity contribution is -0.137. The molecule has 1 atom stereocenters. The van der Waals surface area contributed by atoms with Gasteiger partial charge in [-0.1, -0.05) is 11.6 Å². The van der Waals surface area contributed by atoms with E-state index in [1.807, 2.05) is 4.90 Å². The van der Waals surface area contributed by atoms with Gasteiger partial charge in [0.05, 0.1) is 18.2 Å². The van der Waals surface area contributed by atoms with Crippen LogP contribution in [0.1, 0.15) is 29.3 Å². The Hall–Kier alpha value is -2.26. The summed E-state index contributed by atoms with van der Waals surface area (Å²) in [4.78, 5) is 10.1. The highest BCUT2D eigenvalue weighted by Gasteiger charge is 2.36. The lowest BCUT2D eigenvalue weighted by Crippen LogP contribution is -2.32. The topological polar surface area (TPSA) is 90.3 Å². The highest BCUT2D eigenvalue weighted by atomic mass is 35.5. The van der Waals surface area contributed by atoms with Gasteiger partial charge in [-0.3, -0.25) is 0 Å². The molecule has 0 saturated carbocycles. The van der Waals surface area contributed by atoms with Crippen LogP contribution in [-0.4, -0.2) is 29.7 Å². The molecular formula is C17H19ClF3N5O. The SMILES string of the molecule is Cc1cc(N2CCCOCC2c2cc(C(F)(F)F)c(N)cc2Cl)nc(N)n1. The first-order valence-electron chi connectivity index (χ1n) is 8.28. The zero-order valence-electron chi connectivity index (χ0n) is 14.6. The van der Waals surface area contributed by atoms with Gasteiger partial charge in [-0.05, 0) is 31.0 Å². The van der Waals surface area contributed by atoms with Gasteiger partial charge in [-0.2, -0.15) is 18.2 Å². The molecule has 1 aliphatic rings. The number of halogens is 4. The predicted molar refractivity (Wildman–Crippen MR) is 97.6 cm³/mol. The van der Waals surface area contributed by atoms with Crippen molar-refractivity contribution in [2.45, 2.75) is 25.6 Å². The van der Waals surface area contributed by atoms with E-state index in [0.29, 0.717) is 31.1 Å². The molecule has 0 spiro atoms. The van der Waals surface area contributed by atoms with Crippen molar-refractivity contribution in [3.63, 3.8) is 0 Å². The van der Waals surface area contributed by atoms with Crippen LogP contribution in [0.2, 0.25) is 5.02 Å². The zero-order chi connectivity index (χ0) is 19.8. The number of aryl methyl sites for hydroxylation is 1. The second-order valence-corrected chi connectivity index (χ2v) is 6.73. The summed E-state index contributed by atoms with van der Waals surface area (Å²) in [7, 11) is 0. The molecule has 0 amide bonds. The van der Waals surface area contributed by atoms with E-state index in [-0.39, 0.29) is 23.1 Å². The number of hydrogen-bond acceptors (Lipinski definition) is 6. The van der Waals surface area contributed by atoms with Crippen molar-refractivity contribution in [1.82, 2.24) is 9.97 Å². The number of nitrogens with two attached hydrogens (primary N) is 2. The van der Waals surface area contributed by atoms with E-state index < -0.39 is 23.5 Å². The molecule has 1 fully saturated rings. The van der Waals surface area contributed by atoms with Gasteiger partial charge in [0.2, 0.25) is 5.95 Å². The molecule has 146 valence electrons. The third-order valence-corrected chi connectivity index (χ3v) is 4.65. The number of ether oxygens (including phenoxy) is 1. The fraction of sp³-hybridized carbons (Fsp3) is 0.412. The van der Waals surface area contributed by atoms with E-state index in [0.717, 1.165) is 12.1 Å². The zero-order valence-corrected chi connectivity index (χ0v) is 15.3. The van der Waals surface area contributed by atoms with Crippen LogP contribution in [0, 0.1) is 6.92 Å². The molecule has 0 radical (unpaired) electrons. The lowest BCUT2D eigenvalue weighted by atomic mass is 10.0. The Bertz CT molecular complexity index is 826. The Labute approximate surface area is 159 Å². The van der Waals surface area contributed by atoms with E-state index in [4.69, 9.17) is 27.8 Å². The molecule has 27 heavy (non-hydrogen) atoms. The summed E-state index contributed by atoms with van der Waals surface area (Å²) in [5.74, 6) is 0.602. The minimum Gasteiger partial charge on any atom is -0.398 e. The molecule has 1 aliphatic heterocycles. The maximum atomic E-state index is 13.3. The number of alkyl halides is 3. The van der Waals surface area contributed by atoms with Crippen LogP contribution in [0.3, 0.4) is 0 Å². The fourth-order valence-corrected chi connectivity index (χ4v) is 3.44. The van der Waals surface area contributed by atoms with Gasteiger partial charge in [-0.25, -0.2) is 4.98 Å². The van der Waals surface area contributed by atoms with Crippen molar-refractivity contribution in [2.75, 3.05) is 36.1 Å². The Morgan fingerprint density at radius 1 is 1.22 bits per heavy atom. The highest BCUT2D eigenvalue weighted by molar-refractivity contribution is 6.31. The number of benzene rings is 1. The van der Waals surface area contributed by atoms with Gasteiger partial charge in [-0.15, -0.1) is 0 Å². The first kappa shape index (κ1) is 19.5. The first-order valence-corrected chi connectivity index (χ1v) is 8.66. The van der Waals surface area contributed by atoms with Crippen LogP contribution in [0.5, 0.6) is 0 Å². The highest BCUT2D eigenvalue weighted by Crippen LogP contribution is 2.40. The number of anilines is 3. The van der Waals surface area contributed by atoms with Crippen LogP contribution in [0.15, 0.2) is 18.2 Å². The Balaban J connectivity index is 2.11. The van der Waals surface area contributed by atoms with Gasteiger partial charge in [0.1, 0.15) is 5.82 Å². The molecule has 2 heterocycles. The van der Waals surface area contributed by atoms with E-state index in [1.165, 1.54) is 0 Å². The Morgan fingerprint density at radius 2 is 1.96 bits per heavy atom. The molecule has 1 saturated heterocycles. The minimum atomic E-state index is -4.59. The minimum absolute atomic E-state index is 0.0910. The lowest BCUT2D eigenvalue weighted by Gasteiger charge is -2.32. The normalized spacial score (nSPS) is 18.4. The molecule has 0 aliphatic carbocycles.